The summed E-state index contributed by atoms with van der Waals surface area (Å²) in [7, 11) is 2.90. The number of aromatic amines is 1. The van der Waals surface area contributed by atoms with Crippen molar-refractivity contribution >= 4 is 23.0 Å². The Hall–Kier alpha value is -3.48. The summed E-state index contributed by atoms with van der Waals surface area (Å²) in [5.41, 5.74) is 7.41. The Bertz CT molecular complexity index is 1080. The summed E-state index contributed by atoms with van der Waals surface area (Å²) in [5, 5.41) is 15.1. The number of nitrogens with zero attached hydrogens (tertiary/aromatic N) is 1. The van der Waals surface area contributed by atoms with Crippen LogP contribution in [0.3, 0.4) is 0 Å². The lowest BCUT2D eigenvalue weighted by Crippen LogP contribution is -2.17. The lowest BCUT2D eigenvalue weighted by atomic mass is 9.95. The Morgan fingerprint density at radius 1 is 1.14 bits per heavy atom. The first-order valence-electron chi connectivity index (χ1n) is 9.52. The smallest absolute Gasteiger partial charge is 0.271 e. The number of ether oxygens (including phenoxy) is 2. The van der Waals surface area contributed by atoms with Crippen molar-refractivity contribution in [2.24, 2.45) is 5.10 Å². The van der Waals surface area contributed by atoms with E-state index in [9.17, 15) is 9.90 Å². The molecule has 0 saturated heterocycles. The van der Waals surface area contributed by atoms with Gasteiger partial charge in [-0.2, -0.15) is 5.10 Å². The van der Waals surface area contributed by atoms with Gasteiger partial charge in [0, 0.05) is 27.7 Å². The molecule has 1 aromatic heterocycles. The van der Waals surface area contributed by atoms with Crippen molar-refractivity contribution in [3.05, 3.63) is 52.7 Å². The highest BCUT2D eigenvalue weighted by Crippen LogP contribution is 2.36. The highest BCUT2D eigenvalue weighted by molar-refractivity contribution is 5.99. The summed E-state index contributed by atoms with van der Waals surface area (Å²) >= 11 is 0. The topological polar surface area (TPSA) is 95.9 Å². The maximum atomic E-state index is 12.5. The van der Waals surface area contributed by atoms with Crippen molar-refractivity contribution in [3.63, 3.8) is 0 Å². The molecule has 0 aliphatic heterocycles. The van der Waals surface area contributed by atoms with E-state index in [0.717, 1.165) is 23.7 Å². The molecule has 1 heterocycles. The van der Waals surface area contributed by atoms with E-state index >= 15 is 0 Å². The first kappa shape index (κ1) is 18.9. The fourth-order valence-corrected chi connectivity index (χ4v) is 3.77. The van der Waals surface area contributed by atoms with Gasteiger partial charge < -0.3 is 19.6 Å². The highest BCUT2D eigenvalue weighted by Gasteiger charge is 2.16. The number of hydrogen-bond donors (Lipinski definition) is 3. The molecular weight excluding hydrogens is 370 g/mol. The molecule has 0 unspecified atom stereocenters. The van der Waals surface area contributed by atoms with Crippen molar-refractivity contribution in [3.8, 4) is 17.2 Å². The minimum Gasteiger partial charge on any atom is -0.502 e. The number of aryl methyl sites for hydroxylation is 2. The number of carbonyl (C=O) groups excluding carboxylic acids is 1. The molecule has 150 valence electrons. The molecule has 0 bridgehead atoms. The zero-order valence-corrected chi connectivity index (χ0v) is 16.4. The van der Waals surface area contributed by atoms with Gasteiger partial charge in [0.05, 0.1) is 20.4 Å². The SMILES string of the molecule is COc1cc(/C=N\NC(=O)c2ccc3[nH]c4c(c3c2)CCCC4)cc(OC)c1O. The largest absolute Gasteiger partial charge is 0.502 e. The van der Waals surface area contributed by atoms with Crippen LogP contribution in [0.1, 0.15) is 40.0 Å². The summed E-state index contributed by atoms with van der Waals surface area (Å²) in [5.74, 6) is 0.158. The van der Waals surface area contributed by atoms with Crippen LogP contribution in [-0.4, -0.2) is 36.4 Å². The van der Waals surface area contributed by atoms with Crippen LogP contribution < -0.4 is 14.9 Å². The molecule has 1 aliphatic rings. The second kappa shape index (κ2) is 7.87. The number of hydrogen-bond acceptors (Lipinski definition) is 5. The van der Waals surface area contributed by atoms with Crippen LogP contribution in [0.25, 0.3) is 10.9 Å². The number of benzene rings is 2. The van der Waals surface area contributed by atoms with Crippen LogP contribution in [0.4, 0.5) is 0 Å². The zero-order valence-electron chi connectivity index (χ0n) is 16.4. The Morgan fingerprint density at radius 3 is 2.59 bits per heavy atom. The molecule has 3 N–H and O–H groups in total. The third kappa shape index (κ3) is 3.63. The first-order valence-corrected chi connectivity index (χ1v) is 9.52. The van der Waals surface area contributed by atoms with E-state index in [2.05, 4.69) is 15.5 Å². The summed E-state index contributed by atoms with van der Waals surface area (Å²) in [6, 6.07) is 8.87. The number of fused-ring (bicyclic) bond motifs is 3. The van der Waals surface area contributed by atoms with Crippen LogP contribution in [0.2, 0.25) is 0 Å². The molecule has 0 atom stereocenters. The third-order valence-corrected chi connectivity index (χ3v) is 5.24. The van der Waals surface area contributed by atoms with Crippen molar-refractivity contribution in [1.82, 2.24) is 10.4 Å². The average Bonchev–Trinajstić information content (AvgIpc) is 3.12. The van der Waals surface area contributed by atoms with Gasteiger partial charge in [0.15, 0.2) is 11.5 Å². The lowest BCUT2D eigenvalue weighted by molar-refractivity contribution is 0.0955. The number of hydrazone groups is 1. The molecule has 0 fully saturated rings. The normalized spacial score (nSPS) is 13.4. The molecule has 0 saturated carbocycles. The molecule has 0 radical (unpaired) electrons. The average molecular weight is 393 g/mol. The van der Waals surface area contributed by atoms with Crippen LogP contribution in [0.15, 0.2) is 35.4 Å². The van der Waals surface area contributed by atoms with Gasteiger partial charge in [-0.15, -0.1) is 0 Å². The number of amides is 1. The van der Waals surface area contributed by atoms with Crippen LogP contribution in [-0.2, 0) is 12.8 Å². The number of phenolic OH excluding ortho intramolecular Hbond substituents is 1. The third-order valence-electron chi connectivity index (χ3n) is 5.24. The van der Waals surface area contributed by atoms with Crippen molar-refractivity contribution < 1.29 is 19.4 Å². The Balaban J connectivity index is 1.52. The number of aromatic nitrogens is 1. The summed E-state index contributed by atoms with van der Waals surface area (Å²) in [4.78, 5) is 16.0. The second-order valence-corrected chi connectivity index (χ2v) is 7.02. The van der Waals surface area contributed by atoms with Crippen LogP contribution >= 0.6 is 0 Å². The van der Waals surface area contributed by atoms with Gasteiger partial charge in [0.25, 0.3) is 5.91 Å². The van der Waals surface area contributed by atoms with Crippen LogP contribution in [0, 0.1) is 0 Å². The van der Waals surface area contributed by atoms with E-state index in [0.29, 0.717) is 11.1 Å². The predicted molar refractivity (Wildman–Crippen MR) is 111 cm³/mol. The molecular formula is C22H23N3O4. The van der Waals surface area contributed by atoms with E-state index in [1.807, 2.05) is 12.1 Å². The number of nitrogens with one attached hydrogen (secondary N) is 2. The van der Waals surface area contributed by atoms with E-state index in [1.54, 1.807) is 18.2 Å². The molecule has 7 nitrogen and oxygen atoms in total. The van der Waals surface area contributed by atoms with Crippen molar-refractivity contribution in [1.29, 1.82) is 0 Å². The second-order valence-electron chi connectivity index (χ2n) is 7.02. The number of carbonyl (C=O) groups is 1. The fourth-order valence-electron chi connectivity index (χ4n) is 3.77. The van der Waals surface area contributed by atoms with Gasteiger partial charge in [0.2, 0.25) is 5.75 Å². The van der Waals surface area contributed by atoms with Gasteiger partial charge in [-0.05, 0) is 61.6 Å². The zero-order chi connectivity index (χ0) is 20.4. The minimum atomic E-state index is -0.286. The van der Waals surface area contributed by atoms with Crippen molar-refractivity contribution in [2.45, 2.75) is 25.7 Å². The Morgan fingerprint density at radius 2 is 1.86 bits per heavy atom. The molecule has 4 rings (SSSR count). The van der Waals surface area contributed by atoms with Gasteiger partial charge in [0.1, 0.15) is 0 Å². The van der Waals surface area contributed by atoms with Crippen molar-refractivity contribution in [2.75, 3.05) is 14.2 Å². The molecule has 2 aromatic carbocycles. The lowest BCUT2D eigenvalue weighted by Gasteiger charge is -2.10. The molecule has 1 aliphatic carbocycles. The van der Waals surface area contributed by atoms with E-state index < -0.39 is 0 Å². The molecule has 0 spiro atoms. The molecule has 29 heavy (non-hydrogen) atoms. The first-order chi connectivity index (χ1) is 14.1. The molecule has 1 amide bonds. The van der Waals surface area contributed by atoms with Gasteiger partial charge in [-0.3, -0.25) is 4.79 Å². The standard InChI is InChI=1S/C22H23N3O4/c1-28-19-9-13(10-20(29-2)21(19)26)12-23-25-22(27)14-7-8-18-16(11-14)15-5-3-4-6-17(15)24-18/h7-12,24,26H,3-6H2,1-2H3,(H,25,27)/b23-12-. The predicted octanol–water partition coefficient (Wildman–Crippen LogP) is 3.53. The molecule has 7 heteroatoms. The summed E-state index contributed by atoms with van der Waals surface area (Å²) in [6.45, 7) is 0. The number of phenols is 1. The van der Waals surface area contributed by atoms with E-state index in [1.165, 1.54) is 44.5 Å². The van der Waals surface area contributed by atoms with Gasteiger partial charge >= 0.3 is 0 Å². The fraction of sp³-hybridized carbons (Fsp3) is 0.273. The number of methoxy groups -OCH3 is 2. The van der Waals surface area contributed by atoms with E-state index in [-0.39, 0.29) is 23.2 Å². The number of H-pyrrole nitrogens is 1. The molecule has 3 aromatic rings. The summed E-state index contributed by atoms with van der Waals surface area (Å²) < 4.78 is 10.2. The maximum Gasteiger partial charge on any atom is 0.271 e. The monoisotopic (exact) mass is 393 g/mol. The van der Waals surface area contributed by atoms with E-state index in [4.69, 9.17) is 9.47 Å². The highest BCUT2D eigenvalue weighted by atomic mass is 16.5. The minimum absolute atomic E-state index is 0.0840. The Labute approximate surface area is 168 Å². The number of rotatable bonds is 5. The van der Waals surface area contributed by atoms with Gasteiger partial charge in [-0.1, -0.05) is 0 Å². The Kier molecular flexibility index (Phi) is 5.12. The quantitative estimate of drug-likeness (QED) is 0.456. The van der Waals surface area contributed by atoms with Crippen LogP contribution in [0.5, 0.6) is 17.2 Å². The van der Waals surface area contributed by atoms with Gasteiger partial charge in [-0.25, -0.2) is 5.43 Å². The number of aromatic hydroxyl groups is 1. The maximum absolute atomic E-state index is 12.5. The summed E-state index contributed by atoms with van der Waals surface area (Å²) in [6.07, 6.45) is 5.96.